The van der Waals surface area contributed by atoms with Gasteiger partial charge in [0.1, 0.15) is 5.82 Å². The van der Waals surface area contributed by atoms with Crippen molar-refractivity contribution in [1.82, 2.24) is 4.90 Å². The molecule has 1 aromatic rings. The van der Waals surface area contributed by atoms with Crippen molar-refractivity contribution in [3.8, 4) is 0 Å². The number of likely N-dealkylation sites (N-methyl/N-ethyl adjacent to an activating group) is 1. The molecule has 0 radical (unpaired) electrons. The zero-order valence-electron chi connectivity index (χ0n) is 9.14. The maximum Gasteiger partial charge on any atom is 0.293 e. The first-order valence-corrected chi connectivity index (χ1v) is 5.95. The lowest BCUT2D eigenvalue weighted by Crippen LogP contribution is -2.27. The first-order chi connectivity index (χ1) is 8.13. The zero-order chi connectivity index (χ0) is 12.4. The number of benzene rings is 1. The van der Waals surface area contributed by atoms with Gasteiger partial charge in [-0.25, -0.2) is 4.39 Å². The Morgan fingerprint density at radius 3 is 2.65 bits per heavy atom. The predicted octanol–water partition coefficient (Wildman–Crippen LogP) is 2.88. The van der Waals surface area contributed by atoms with Gasteiger partial charge in [0.05, 0.1) is 4.91 Å². The number of imide groups is 1. The fourth-order valence-corrected chi connectivity index (χ4v) is 2.40. The Balaban J connectivity index is 2.34. The minimum Gasteiger partial charge on any atom is -0.269 e. The standard InChI is InChI=1S/C12H10FNO2S/c1-2-14-11(15)10(17-12(14)16)7-8-5-3-4-6-9(8)13/h3-7H,2H2,1H3. The van der Waals surface area contributed by atoms with Crippen molar-refractivity contribution < 1.29 is 14.0 Å². The molecule has 0 bridgehead atoms. The molecule has 1 aromatic carbocycles. The van der Waals surface area contributed by atoms with Crippen LogP contribution in [0.25, 0.3) is 6.08 Å². The molecule has 3 nitrogen and oxygen atoms in total. The molecule has 2 amide bonds. The molecule has 5 heteroatoms. The van der Waals surface area contributed by atoms with Gasteiger partial charge in [-0.15, -0.1) is 0 Å². The third-order valence-corrected chi connectivity index (χ3v) is 3.29. The first-order valence-electron chi connectivity index (χ1n) is 5.13. The molecule has 1 aliphatic rings. The Bertz CT molecular complexity index is 513. The predicted molar refractivity (Wildman–Crippen MR) is 64.8 cm³/mol. The average Bonchev–Trinajstić information content (AvgIpc) is 2.57. The summed E-state index contributed by atoms with van der Waals surface area (Å²) in [5.41, 5.74) is 0.314. The number of hydrogen-bond acceptors (Lipinski definition) is 3. The topological polar surface area (TPSA) is 37.4 Å². The lowest BCUT2D eigenvalue weighted by atomic mass is 10.2. The van der Waals surface area contributed by atoms with Gasteiger partial charge in [-0.2, -0.15) is 0 Å². The molecule has 1 heterocycles. The van der Waals surface area contributed by atoms with E-state index < -0.39 is 5.82 Å². The number of nitrogens with zero attached hydrogens (tertiary/aromatic N) is 1. The van der Waals surface area contributed by atoms with E-state index in [1.165, 1.54) is 12.1 Å². The lowest BCUT2D eigenvalue weighted by Gasteiger charge is -2.06. The molecule has 1 aliphatic heterocycles. The molecule has 0 aromatic heterocycles. The smallest absolute Gasteiger partial charge is 0.269 e. The summed E-state index contributed by atoms with van der Waals surface area (Å²) in [4.78, 5) is 24.6. The van der Waals surface area contributed by atoms with Crippen LogP contribution in [0.3, 0.4) is 0 Å². The van der Waals surface area contributed by atoms with Gasteiger partial charge < -0.3 is 0 Å². The Labute approximate surface area is 102 Å². The van der Waals surface area contributed by atoms with Crippen LogP contribution in [-0.4, -0.2) is 22.6 Å². The molecule has 17 heavy (non-hydrogen) atoms. The lowest BCUT2D eigenvalue weighted by molar-refractivity contribution is -0.122. The summed E-state index contributed by atoms with van der Waals surface area (Å²) in [6.07, 6.45) is 1.41. The molecular formula is C12H10FNO2S. The summed E-state index contributed by atoms with van der Waals surface area (Å²) >= 11 is 0.842. The molecule has 0 unspecified atom stereocenters. The maximum atomic E-state index is 13.4. The molecule has 0 atom stereocenters. The second kappa shape index (κ2) is 4.71. The number of thioether (sulfide) groups is 1. The van der Waals surface area contributed by atoms with Crippen molar-refractivity contribution in [3.63, 3.8) is 0 Å². The van der Waals surface area contributed by atoms with Gasteiger partial charge in [0.25, 0.3) is 11.1 Å². The van der Waals surface area contributed by atoms with E-state index in [2.05, 4.69) is 0 Å². The van der Waals surface area contributed by atoms with Crippen LogP contribution in [0.2, 0.25) is 0 Å². The molecule has 1 saturated heterocycles. The molecule has 0 spiro atoms. The maximum absolute atomic E-state index is 13.4. The fourth-order valence-electron chi connectivity index (χ4n) is 1.51. The van der Waals surface area contributed by atoms with E-state index in [4.69, 9.17) is 0 Å². The highest BCUT2D eigenvalue weighted by Gasteiger charge is 2.33. The van der Waals surface area contributed by atoms with Crippen LogP contribution in [-0.2, 0) is 4.79 Å². The van der Waals surface area contributed by atoms with Crippen LogP contribution in [0.4, 0.5) is 9.18 Å². The summed E-state index contributed by atoms with van der Waals surface area (Å²) in [7, 11) is 0. The third-order valence-electron chi connectivity index (χ3n) is 2.38. The normalized spacial score (nSPS) is 18.2. The number of hydrogen-bond donors (Lipinski definition) is 0. The van der Waals surface area contributed by atoms with E-state index in [9.17, 15) is 14.0 Å². The van der Waals surface area contributed by atoms with E-state index in [0.29, 0.717) is 12.1 Å². The summed E-state index contributed by atoms with van der Waals surface area (Å²) in [5, 5.41) is -0.305. The van der Waals surface area contributed by atoms with Crippen molar-refractivity contribution in [1.29, 1.82) is 0 Å². The second-order valence-corrected chi connectivity index (χ2v) is 4.44. The van der Waals surface area contributed by atoms with Gasteiger partial charge in [-0.1, -0.05) is 18.2 Å². The number of halogens is 1. The number of carbonyl (C=O) groups is 2. The van der Waals surface area contributed by atoms with Crippen LogP contribution < -0.4 is 0 Å². The van der Waals surface area contributed by atoms with Crippen LogP contribution in [0.15, 0.2) is 29.2 Å². The van der Waals surface area contributed by atoms with Gasteiger partial charge in [0, 0.05) is 12.1 Å². The highest BCUT2D eigenvalue weighted by molar-refractivity contribution is 8.18. The van der Waals surface area contributed by atoms with Crippen molar-refractivity contribution in [3.05, 3.63) is 40.6 Å². The van der Waals surface area contributed by atoms with E-state index in [0.717, 1.165) is 16.7 Å². The monoisotopic (exact) mass is 251 g/mol. The minimum atomic E-state index is -0.407. The van der Waals surface area contributed by atoms with Crippen molar-refractivity contribution in [2.45, 2.75) is 6.92 Å². The average molecular weight is 251 g/mol. The van der Waals surface area contributed by atoms with E-state index in [1.807, 2.05) is 0 Å². The summed E-state index contributed by atoms with van der Waals surface area (Å²) in [6, 6.07) is 6.13. The third kappa shape index (κ3) is 2.24. The van der Waals surface area contributed by atoms with E-state index in [1.54, 1.807) is 25.1 Å². The van der Waals surface area contributed by atoms with Gasteiger partial charge in [0.15, 0.2) is 0 Å². The largest absolute Gasteiger partial charge is 0.293 e. The van der Waals surface area contributed by atoms with Crippen molar-refractivity contribution >= 4 is 29.0 Å². The SMILES string of the molecule is CCN1C(=O)SC(=Cc2ccccc2F)C1=O. The Morgan fingerprint density at radius 1 is 1.35 bits per heavy atom. The molecule has 2 rings (SSSR count). The number of carbonyl (C=O) groups excluding carboxylic acids is 2. The highest BCUT2D eigenvalue weighted by atomic mass is 32.2. The Morgan fingerprint density at radius 2 is 2.06 bits per heavy atom. The quantitative estimate of drug-likeness (QED) is 0.758. The number of rotatable bonds is 2. The highest BCUT2D eigenvalue weighted by Crippen LogP contribution is 2.32. The zero-order valence-corrected chi connectivity index (χ0v) is 9.96. The molecule has 1 fully saturated rings. The van der Waals surface area contributed by atoms with Gasteiger partial charge >= 0.3 is 0 Å². The summed E-state index contributed by atoms with van der Waals surface area (Å²) < 4.78 is 13.4. The van der Waals surface area contributed by atoms with Crippen LogP contribution in [0, 0.1) is 5.82 Å². The van der Waals surface area contributed by atoms with Crippen LogP contribution in [0.1, 0.15) is 12.5 Å². The van der Waals surface area contributed by atoms with Gasteiger partial charge in [0.2, 0.25) is 0 Å². The second-order valence-electron chi connectivity index (χ2n) is 3.45. The molecule has 0 aliphatic carbocycles. The Hall–Kier alpha value is -1.62. The molecule has 0 N–H and O–H groups in total. The van der Waals surface area contributed by atoms with Crippen LogP contribution >= 0.6 is 11.8 Å². The molecular weight excluding hydrogens is 241 g/mol. The minimum absolute atomic E-state index is 0.266. The van der Waals surface area contributed by atoms with Crippen molar-refractivity contribution in [2.75, 3.05) is 6.54 Å². The van der Waals surface area contributed by atoms with E-state index >= 15 is 0 Å². The van der Waals surface area contributed by atoms with Gasteiger partial charge in [-0.3, -0.25) is 14.5 Å². The first kappa shape index (κ1) is 11.9. The summed E-state index contributed by atoms with van der Waals surface area (Å²) in [6.45, 7) is 2.06. The van der Waals surface area contributed by atoms with Gasteiger partial charge in [-0.05, 0) is 30.8 Å². The Kier molecular flexibility index (Phi) is 3.28. The fraction of sp³-hybridized carbons (Fsp3) is 0.167. The number of amides is 2. The summed E-state index contributed by atoms with van der Waals surface area (Å²) in [5.74, 6) is -0.762. The molecule has 88 valence electrons. The van der Waals surface area contributed by atoms with Crippen molar-refractivity contribution in [2.24, 2.45) is 0 Å². The van der Waals surface area contributed by atoms with E-state index in [-0.39, 0.29) is 16.1 Å². The van der Waals surface area contributed by atoms with Crippen LogP contribution in [0.5, 0.6) is 0 Å². The molecule has 0 saturated carbocycles.